The molecule has 6 rings (SSSR count). The van der Waals surface area contributed by atoms with Gasteiger partial charge in [-0.15, -0.1) is 0 Å². The fourth-order valence-electron chi connectivity index (χ4n) is 6.81. The third-order valence-corrected chi connectivity index (χ3v) is 10.2. The second-order valence-electron chi connectivity index (χ2n) is 13.2. The van der Waals surface area contributed by atoms with Crippen LogP contribution in [0.5, 0.6) is 5.75 Å². The molecule has 54 heavy (non-hydrogen) atoms. The molecule has 1 fully saturated rings. The van der Waals surface area contributed by atoms with Gasteiger partial charge in [-0.25, -0.2) is 4.39 Å². The third kappa shape index (κ3) is 8.74. The van der Waals surface area contributed by atoms with Crippen molar-refractivity contribution in [2.75, 3.05) is 57.4 Å². The number of benzene rings is 3. The Labute approximate surface area is 318 Å². The first kappa shape index (κ1) is 39.2. The molecular formula is C40H45ClFN5O7. The van der Waals surface area contributed by atoms with Gasteiger partial charge in [0.15, 0.2) is 0 Å². The normalized spacial score (nSPS) is 16.8. The highest BCUT2D eigenvalue weighted by atomic mass is 35.5. The molecule has 2 aliphatic heterocycles. The molecule has 1 saturated heterocycles. The van der Waals surface area contributed by atoms with Crippen molar-refractivity contribution in [1.82, 2.24) is 15.6 Å². The van der Waals surface area contributed by atoms with E-state index in [4.69, 9.17) is 25.8 Å². The number of nitrogens with one attached hydrogen (secondary N) is 3. The predicted molar refractivity (Wildman–Crippen MR) is 204 cm³/mol. The zero-order valence-corrected chi connectivity index (χ0v) is 31.0. The topological polar surface area (TPSA) is 155 Å². The number of aliphatic hydroxyl groups excluding tert-OH is 2. The zero-order valence-electron chi connectivity index (χ0n) is 30.2. The molecular weight excluding hydrogens is 717 g/mol. The number of carbonyl (C=O) groups excluding carboxylic acids is 2. The summed E-state index contributed by atoms with van der Waals surface area (Å²) < 4.78 is 30.4. The highest BCUT2D eigenvalue weighted by molar-refractivity contribution is 6.36. The number of ether oxygens (including phenoxy) is 3. The van der Waals surface area contributed by atoms with E-state index >= 15 is 0 Å². The Balaban J connectivity index is 1.18. The third-order valence-electron chi connectivity index (χ3n) is 9.82. The summed E-state index contributed by atoms with van der Waals surface area (Å²) in [6.45, 7) is 1.55. The van der Waals surface area contributed by atoms with Crippen LogP contribution in [0.1, 0.15) is 49.5 Å². The second-order valence-corrected chi connectivity index (χ2v) is 13.6. The first-order valence-electron chi connectivity index (χ1n) is 17.8. The maximum absolute atomic E-state index is 14.2. The molecule has 286 valence electrons. The summed E-state index contributed by atoms with van der Waals surface area (Å²) in [6.07, 6.45) is 1.69. The average Bonchev–Trinajstić information content (AvgIpc) is 3.63. The Morgan fingerprint density at radius 3 is 2.59 bits per heavy atom. The van der Waals surface area contributed by atoms with Crippen LogP contribution < -0.4 is 25.6 Å². The number of hydrogen-bond donors (Lipinski definition) is 5. The Morgan fingerprint density at radius 1 is 1.04 bits per heavy atom. The van der Waals surface area contributed by atoms with Crippen LogP contribution in [0.4, 0.5) is 15.8 Å². The van der Waals surface area contributed by atoms with E-state index < -0.39 is 12.2 Å². The van der Waals surface area contributed by atoms with Gasteiger partial charge in [-0.3, -0.25) is 14.6 Å². The fourth-order valence-corrected chi connectivity index (χ4v) is 7.08. The van der Waals surface area contributed by atoms with Gasteiger partial charge in [0.1, 0.15) is 17.6 Å². The Hall–Kier alpha value is -4.47. The van der Waals surface area contributed by atoms with E-state index in [-0.39, 0.29) is 50.0 Å². The van der Waals surface area contributed by atoms with Crippen LogP contribution in [0.25, 0.3) is 11.1 Å². The van der Waals surface area contributed by atoms with Crippen molar-refractivity contribution in [2.45, 2.75) is 50.8 Å². The Morgan fingerprint density at radius 2 is 1.83 bits per heavy atom. The number of nitrogens with zero attached hydrogens (tertiary/aromatic N) is 2. The summed E-state index contributed by atoms with van der Waals surface area (Å²) in [5, 5.41) is 28.4. The van der Waals surface area contributed by atoms with Crippen molar-refractivity contribution in [2.24, 2.45) is 0 Å². The largest absolute Gasteiger partial charge is 0.496 e. The number of alkyl halides is 1. The van der Waals surface area contributed by atoms with Crippen molar-refractivity contribution in [1.29, 1.82) is 0 Å². The molecule has 0 saturated carbocycles. The van der Waals surface area contributed by atoms with Crippen molar-refractivity contribution < 1.29 is 38.4 Å². The van der Waals surface area contributed by atoms with Gasteiger partial charge >= 0.3 is 0 Å². The molecule has 0 radical (unpaired) electrons. The molecule has 14 heteroatoms. The highest BCUT2D eigenvalue weighted by Crippen LogP contribution is 2.41. The zero-order chi connectivity index (χ0) is 38.2. The van der Waals surface area contributed by atoms with E-state index in [1.165, 1.54) is 7.11 Å². The summed E-state index contributed by atoms with van der Waals surface area (Å²) >= 11 is 6.99. The fraction of sp³-hybridized carbons (Fsp3) is 0.375. The molecule has 12 nitrogen and oxygen atoms in total. The number of pyridine rings is 1. The van der Waals surface area contributed by atoms with Gasteiger partial charge in [0, 0.05) is 68.0 Å². The molecule has 1 aromatic heterocycles. The number of fused-ring (bicyclic) bond motifs is 1. The Bertz CT molecular complexity index is 1960. The summed E-state index contributed by atoms with van der Waals surface area (Å²) in [5.41, 5.74) is 6.66. The van der Waals surface area contributed by atoms with Gasteiger partial charge in [0.2, 0.25) is 0 Å². The van der Waals surface area contributed by atoms with Gasteiger partial charge in [-0.1, -0.05) is 41.9 Å². The van der Waals surface area contributed by atoms with Gasteiger partial charge in [0.05, 0.1) is 50.3 Å². The number of anilines is 2. The average molecular weight is 762 g/mol. The number of carbonyl (C=O) groups is 2. The summed E-state index contributed by atoms with van der Waals surface area (Å²) in [4.78, 5) is 33.5. The number of aromatic nitrogens is 1. The van der Waals surface area contributed by atoms with E-state index in [1.54, 1.807) is 48.5 Å². The SMILES string of the molecule is COCc1cc(C(=O)N2CCc3c(-c4cccc(NC(=O)c5ccc(CN[C@@H]6CCOC[C@@H]6F)c(OC)c5)c4Cl)cccc32)ncc1CNC(CO)CO. The van der Waals surface area contributed by atoms with E-state index in [2.05, 4.69) is 20.9 Å². The number of halogens is 2. The molecule has 3 heterocycles. The lowest BCUT2D eigenvalue weighted by atomic mass is 9.97. The number of amides is 2. The summed E-state index contributed by atoms with van der Waals surface area (Å²) in [6, 6.07) is 17.2. The number of aliphatic hydroxyl groups is 2. The lowest BCUT2D eigenvalue weighted by molar-refractivity contribution is 0.0135. The molecule has 2 amide bonds. The van der Waals surface area contributed by atoms with Crippen LogP contribution in [0.2, 0.25) is 5.02 Å². The monoisotopic (exact) mass is 761 g/mol. The highest BCUT2D eigenvalue weighted by Gasteiger charge is 2.30. The van der Waals surface area contributed by atoms with Crippen molar-refractivity contribution in [3.05, 3.63) is 105 Å². The van der Waals surface area contributed by atoms with E-state index in [0.29, 0.717) is 66.7 Å². The molecule has 2 atom stereocenters. The van der Waals surface area contributed by atoms with Crippen molar-refractivity contribution >= 4 is 34.8 Å². The Kier molecular flexibility index (Phi) is 13.3. The summed E-state index contributed by atoms with van der Waals surface area (Å²) in [5.74, 6) is -0.131. The van der Waals surface area contributed by atoms with Crippen LogP contribution in [0, 0.1) is 0 Å². The second kappa shape index (κ2) is 18.2. The molecule has 0 unspecified atom stereocenters. The summed E-state index contributed by atoms with van der Waals surface area (Å²) in [7, 11) is 3.10. The lowest BCUT2D eigenvalue weighted by Crippen LogP contribution is -2.43. The van der Waals surface area contributed by atoms with E-state index in [1.807, 2.05) is 30.3 Å². The molecule has 0 aliphatic carbocycles. The quantitative estimate of drug-likeness (QED) is 0.116. The van der Waals surface area contributed by atoms with Crippen molar-refractivity contribution in [3.63, 3.8) is 0 Å². The minimum absolute atomic E-state index is 0.0760. The first-order valence-corrected chi connectivity index (χ1v) is 18.2. The molecule has 4 aromatic rings. The minimum Gasteiger partial charge on any atom is -0.496 e. The van der Waals surface area contributed by atoms with Crippen LogP contribution in [-0.2, 0) is 35.6 Å². The molecule has 0 bridgehead atoms. The number of methoxy groups -OCH3 is 2. The predicted octanol–water partition coefficient (Wildman–Crippen LogP) is 4.67. The van der Waals surface area contributed by atoms with Gasteiger partial charge in [-0.2, -0.15) is 0 Å². The minimum atomic E-state index is -1.08. The van der Waals surface area contributed by atoms with Gasteiger partial charge in [-0.05, 0) is 65.4 Å². The molecule has 5 N–H and O–H groups in total. The molecule has 3 aromatic carbocycles. The van der Waals surface area contributed by atoms with Crippen LogP contribution in [0.15, 0.2) is 66.9 Å². The van der Waals surface area contributed by atoms with Crippen LogP contribution in [0.3, 0.4) is 0 Å². The van der Waals surface area contributed by atoms with Crippen LogP contribution in [-0.4, -0.2) is 92.5 Å². The maximum Gasteiger partial charge on any atom is 0.276 e. The smallest absolute Gasteiger partial charge is 0.276 e. The van der Waals surface area contributed by atoms with Crippen LogP contribution >= 0.6 is 11.6 Å². The number of rotatable bonds is 15. The molecule has 2 aliphatic rings. The lowest BCUT2D eigenvalue weighted by Gasteiger charge is -2.27. The maximum atomic E-state index is 14.2. The standard InChI is InChI=1S/C40H45ClFN5O7/c1-52-22-26-15-35(45-19-27(26)18-43-28(20-48)21-49)40(51)47-13-11-30-29(5-4-8-36(30)47)31-6-3-7-34(38(31)41)46-39(50)24-9-10-25(37(16-24)53-2)17-44-33-12-14-54-23-32(33)42/h3-10,15-16,19,28,32-33,43-44,48-49H,11-14,17-18,20-23H2,1-2H3,(H,46,50)/t32-,33+/m0/s1. The van der Waals surface area contributed by atoms with Crippen molar-refractivity contribution in [3.8, 4) is 16.9 Å². The first-order chi connectivity index (χ1) is 26.3. The van der Waals surface area contributed by atoms with Gasteiger partial charge in [0.25, 0.3) is 11.8 Å². The van der Waals surface area contributed by atoms with E-state index in [9.17, 15) is 24.2 Å². The van der Waals surface area contributed by atoms with Gasteiger partial charge < -0.3 is 45.3 Å². The molecule has 0 spiro atoms. The van der Waals surface area contributed by atoms with E-state index in [0.717, 1.165) is 33.5 Å². The number of hydrogen-bond acceptors (Lipinski definition) is 10.